The molecule has 1 fully saturated rings. The van der Waals surface area contributed by atoms with Crippen molar-refractivity contribution in [3.05, 3.63) is 29.6 Å². The summed E-state index contributed by atoms with van der Waals surface area (Å²) < 4.78 is 18.4. The predicted molar refractivity (Wildman–Crippen MR) is 75.9 cm³/mol. The molecular weight excluding hydrogens is 241 g/mol. The Morgan fingerprint density at radius 3 is 2.79 bits per heavy atom. The lowest BCUT2D eigenvalue weighted by atomic mass is 10.0. The molecule has 1 aliphatic rings. The third-order valence-electron chi connectivity index (χ3n) is 4.15. The molecular formula is C16H24FNO. The zero-order chi connectivity index (χ0) is 13.7. The van der Waals surface area contributed by atoms with Gasteiger partial charge in [-0.3, -0.25) is 0 Å². The van der Waals surface area contributed by atoms with Crippen molar-refractivity contribution in [2.45, 2.75) is 45.1 Å². The fourth-order valence-corrected chi connectivity index (χ4v) is 2.87. The topological polar surface area (TPSA) is 21.3 Å². The normalized spacial score (nSPS) is 17.6. The fourth-order valence-electron chi connectivity index (χ4n) is 2.87. The first-order valence-electron chi connectivity index (χ1n) is 7.27. The first-order chi connectivity index (χ1) is 9.20. The van der Waals surface area contributed by atoms with Gasteiger partial charge in [0.25, 0.3) is 0 Å². The van der Waals surface area contributed by atoms with E-state index in [1.807, 2.05) is 6.07 Å². The van der Waals surface area contributed by atoms with Crippen LogP contribution in [0.1, 0.15) is 50.6 Å². The highest BCUT2D eigenvalue weighted by Gasteiger charge is 2.15. The van der Waals surface area contributed by atoms with Gasteiger partial charge >= 0.3 is 0 Å². The lowest BCUT2D eigenvalue weighted by molar-refractivity contribution is 0.384. The maximum absolute atomic E-state index is 13.3. The van der Waals surface area contributed by atoms with Gasteiger partial charge in [-0.25, -0.2) is 4.39 Å². The van der Waals surface area contributed by atoms with Gasteiger partial charge < -0.3 is 10.1 Å². The maximum atomic E-state index is 13.3. The summed E-state index contributed by atoms with van der Waals surface area (Å²) in [5.41, 5.74) is 1.07. The van der Waals surface area contributed by atoms with Crippen molar-refractivity contribution in [2.75, 3.05) is 13.7 Å². The quantitative estimate of drug-likeness (QED) is 0.837. The molecule has 0 saturated heterocycles. The monoisotopic (exact) mass is 265 g/mol. The Labute approximate surface area is 115 Å². The maximum Gasteiger partial charge on any atom is 0.165 e. The molecule has 1 N–H and O–H groups in total. The van der Waals surface area contributed by atoms with E-state index < -0.39 is 0 Å². The van der Waals surface area contributed by atoms with Crippen LogP contribution < -0.4 is 10.1 Å². The van der Waals surface area contributed by atoms with Gasteiger partial charge in [-0.15, -0.1) is 0 Å². The van der Waals surface area contributed by atoms with Gasteiger partial charge in [-0.1, -0.05) is 31.7 Å². The molecule has 106 valence electrons. The molecule has 0 amide bonds. The van der Waals surface area contributed by atoms with E-state index in [4.69, 9.17) is 4.74 Å². The molecule has 1 aromatic carbocycles. The Morgan fingerprint density at radius 1 is 1.37 bits per heavy atom. The van der Waals surface area contributed by atoms with Crippen LogP contribution in [0.5, 0.6) is 5.75 Å². The second kappa shape index (κ2) is 6.90. The second-order valence-electron chi connectivity index (χ2n) is 5.51. The number of ether oxygens (including phenoxy) is 1. The van der Waals surface area contributed by atoms with Crippen LogP contribution in [0.4, 0.5) is 4.39 Å². The van der Waals surface area contributed by atoms with Crippen LogP contribution in [0.3, 0.4) is 0 Å². The fraction of sp³-hybridized carbons (Fsp3) is 0.625. The summed E-state index contributed by atoms with van der Waals surface area (Å²) in [5.74, 6) is 0.925. The lowest BCUT2D eigenvalue weighted by Crippen LogP contribution is -2.21. The minimum Gasteiger partial charge on any atom is -0.494 e. The number of hydrogen-bond donors (Lipinski definition) is 1. The van der Waals surface area contributed by atoms with Crippen molar-refractivity contribution in [1.29, 1.82) is 0 Å². The molecule has 2 rings (SSSR count). The summed E-state index contributed by atoms with van der Waals surface area (Å²) in [5, 5.41) is 3.52. The molecule has 1 unspecified atom stereocenters. The Balaban J connectivity index is 1.83. The highest BCUT2D eigenvalue weighted by molar-refractivity contribution is 5.31. The predicted octanol–water partition coefficient (Wildman–Crippen LogP) is 4.07. The van der Waals surface area contributed by atoms with Crippen molar-refractivity contribution >= 4 is 0 Å². The SMILES string of the molecule is COc1cc(C(C)NCCC2CCCC2)ccc1F. The van der Waals surface area contributed by atoms with Gasteiger partial charge in [0.1, 0.15) is 0 Å². The molecule has 0 aromatic heterocycles. The summed E-state index contributed by atoms with van der Waals surface area (Å²) in [6, 6.07) is 5.31. The van der Waals surface area contributed by atoms with Crippen molar-refractivity contribution in [2.24, 2.45) is 5.92 Å². The summed E-state index contributed by atoms with van der Waals surface area (Å²) in [6.45, 7) is 3.15. The average Bonchev–Trinajstić information content (AvgIpc) is 2.92. The van der Waals surface area contributed by atoms with Crippen LogP contribution in [0.25, 0.3) is 0 Å². The highest BCUT2D eigenvalue weighted by atomic mass is 19.1. The number of nitrogens with one attached hydrogen (secondary N) is 1. The van der Waals surface area contributed by atoms with Crippen LogP contribution in [0, 0.1) is 11.7 Å². The third-order valence-corrected chi connectivity index (χ3v) is 4.15. The molecule has 19 heavy (non-hydrogen) atoms. The molecule has 0 spiro atoms. The lowest BCUT2D eigenvalue weighted by Gasteiger charge is -2.17. The minimum atomic E-state index is -0.301. The van der Waals surface area contributed by atoms with E-state index in [2.05, 4.69) is 12.2 Å². The molecule has 2 nitrogen and oxygen atoms in total. The van der Waals surface area contributed by atoms with E-state index >= 15 is 0 Å². The Kier molecular flexibility index (Phi) is 5.20. The van der Waals surface area contributed by atoms with E-state index in [-0.39, 0.29) is 11.9 Å². The first kappa shape index (κ1) is 14.3. The number of methoxy groups -OCH3 is 1. The van der Waals surface area contributed by atoms with Crippen molar-refractivity contribution in [1.82, 2.24) is 5.32 Å². The number of halogens is 1. The van der Waals surface area contributed by atoms with E-state index in [0.717, 1.165) is 18.0 Å². The average molecular weight is 265 g/mol. The van der Waals surface area contributed by atoms with E-state index in [9.17, 15) is 4.39 Å². The smallest absolute Gasteiger partial charge is 0.165 e. The van der Waals surface area contributed by atoms with Gasteiger partial charge in [0.05, 0.1) is 7.11 Å². The summed E-state index contributed by atoms with van der Waals surface area (Å²) in [7, 11) is 1.50. The van der Waals surface area contributed by atoms with Gasteiger partial charge in [0, 0.05) is 6.04 Å². The van der Waals surface area contributed by atoms with Crippen molar-refractivity contribution in [3.63, 3.8) is 0 Å². The van der Waals surface area contributed by atoms with E-state index in [0.29, 0.717) is 5.75 Å². The van der Waals surface area contributed by atoms with Crippen LogP contribution in [0.2, 0.25) is 0 Å². The highest BCUT2D eigenvalue weighted by Crippen LogP contribution is 2.27. The number of rotatable bonds is 6. The van der Waals surface area contributed by atoms with Crippen LogP contribution in [-0.4, -0.2) is 13.7 Å². The molecule has 0 aliphatic heterocycles. The zero-order valence-electron chi connectivity index (χ0n) is 11.9. The molecule has 3 heteroatoms. The molecule has 1 aliphatic carbocycles. The largest absolute Gasteiger partial charge is 0.494 e. The molecule has 1 saturated carbocycles. The number of hydrogen-bond acceptors (Lipinski definition) is 2. The van der Waals surface area contributed by atoms with Gasteiger partial charge in [0.15, 0.2) is 11.6 Å². The van der Waals surface area contributed by atoms with E-state index in [1.54, 1.807) is 6.07 Å². The molecule has 1 atom stereocenters. The summed E-state index contributed by atoms with van der Waals surface area (Å²) in [4.78, 5) is 0. The van der Waals surface area contributed by atoms with Gasteiger partial charge in [-0.05, 0) is 43.5 Å². The molecule has 0 radical (unpaired) electrons. The Hall–Kier alpha value is -1.09. The zero-order valence-corrected chi connectivity index (χ0v) is 11.9. The standard InChI is InChI=1S/C16H24FNO/c1-12(18-10-9-13-5-3-4-6-13)14-7-8-15(17)16(11-14)19-2/h7-8,11-13,18H,3-6,9-10H2,1-2H3. The van der Waals surface area contributed by atoms with E-state index in [1.165, 1.54) is 45.3 Å². The van der Waals surface area contributed by atoms with Crippen LogP contribution >= 0.6 is 0 Å². The first-order valence-corrected chi connectivity index (χ1v) is 7.27. The molecule has 0 heterocycles. The third kappa shape index (κ3) is 3.93. The molecule has 1 aromatic rings. The Bertz CT molecular complexity index is 402. The summed E-state index contributed by atoms with van der Waals surface area (Å²) >= 11 is 0. The minimum absolute atomic E-state index is 0.232. The number of benzene rings is 1. The van der Waals surface area contributed by atoms with Crippen LogP contribution in [0.15, 0.2) is 18.2 Å². The van der Waals surface area contributed by atoms with Gasteiger partial charge in [-0.2, -0.15) is 0 Å². The molecule has 0 bridgehead atoms. The van der Waals surface area contributed by atoms with Gasteiger partial charge in [0.2, 0.25) is 0 Å². The van der Waals surface area contributed by atoms with Crippen molar-refractivity contribution in [3.8, 4) is 5.75 Å². The van der Waals surface area contributed by atoms with Crippen molar-refractivity contribution < 1.29 is 9.13 Å². The summed E-state index contributed by atoms with van der Waals surface area (Å²) in [6.07, 6.45) is 6.83. The Morgan fingerprint density at radius 2 is 2.11 bits per heavy atom. The second-order valence-corrected chi connectivity index (χ2v) is 5.51. The van der Waals surface area contributed by atoms with Crippen LogP contribution in [-0.2, 0) is 0 Å².